The number of aromatic nitrogens is 1. The fourth-order valence-corrected chi connectivity index (χ4v) is 2.96. The number of anilines is 1. The smallest absolute Gasteiger partial charge is 0.265 e. The number of carbonyl (C=O) groups is 1. The predicted molar refractivity (Wildman–Crippen MR) is 80.0 cm³/mol. The van der Waals surface area contributed by atoms with Crippen LogP contribution in [0.4, 0.5) is 5.69 Å². The topological polar surface area (TPSA) is 44.9 Å². The van der Waals surface area contributed by atoms with Crippen molar-refractivity contribution in [2.45, 2.75) is 13.8 Å². The Morgan fingerprint density at radius 2 is 2.05 bits per heavy atom. The van der Waals surface area contributed by atoms with Crippen LogP contribution in [0, 0.1) is 13.8 Å². The lowest BCUT2D eigenvalue weighted by Gasteiger charge is -2.03. The summed E-state index contributed by atoms with van der Waals surface area (Å²) in [6.45, 7) is 3.96. The molecule has 96 valence electrons. The molecule has 0 saturated carbocycles. The summed E-state index contributed by atoms with van der Waals surface area (Å²) in [5, 5.41) is 6.03. The van der Waals surface area contributed by atoms with E-state index in [4.69, 9.17) is 0 Å². The second-order valence-corrected chi connectivity index (χ2v) is 5.52. The minimum atomic E-state index is -0.0500. The summed E-state index contributed by atoms with van der Waals surface area (Å²) in [6.07, 6.45) is 0. The second kappa shape index (κ2) is 4.55. The van der Waals surface area contributed by atoms with Gasteiger partial charge in [-0.2, -0.15) is 0 Å². The Labute approximate surface area is 115 Å². The molecule has 1 aromatic carbocycles. The van der Waals surface area contributed by atoms with Crippen molar-refractivity contribution >= 4 is 33.8 Å². The van der Waals surface area contributed by atoms with Gasteiger partial charge in [-0.3, -0.25) is 4.79 Å². The van der Waals surface area contributed by atoms with Gasteiger partial charge in [0, 0.05) is 16.6 Å². The van der Waals surface area contributed by atoms with Crippen LogP contribution in [0.25, 0.3) is 10.9 Å². The summed E-state index contributed by atoms with van der Waals surface area (Å²) in [5.41, 5.74) is 4.00. The third-order valence-electron chi connectivity index (χ3n) is 3.09. The van der Waals surface area contributed by atoms with Crippen LogP contribution in [0.3, 0.4) is 0 Å². The van der Waals surface area contributed by atoms with Crippen LogP contribution in [0.15, 0.2) is 35.7 Å². The van der Waals surface area contributed by atoms with Gasteiger partial charge in [0.25, 0.3) is 5.91 Å². The zero-order valence-corrected chi connectivity index (χ0v) is 11.6. The van der Waals surface area contributed by atoms with Gasteiger partial charge < -0.3 is 10.3 Å². The summed E-state index contributed by atoms with van der Waals surface area (Å²) in [4.78, 5) is 16.2. The number of thiophene rings is 1. The fourth-order valence-electron chi connectivity index (χ4n) is 2.16. The average molecular weight is 270 g/mol. The largest absolute Gasteiger partial charge is 0.357 e. The van der Waals surface area contributed by atoms with E-state index in [9.17, 15) is 4.79 Å². The number of hydrogen-bond acceptors (Lipinski definition) is 2. The third kappa shape index (κ3) is 2.15. The van der Waals surface area contributed by atoms with Crippen LogP contribution in [0.2, 0.25) is 0 Å². The summed E-state index contributed by atoms with van der Waals surface area (Å²) in [7, 11) is 0. The SMILES string of the molecule is Cc1csc(C(=O)Nc2c(C)[nH]c3ccccc23)c1. The highest BCUT2D eigenvalue weighted by Crippen LogP contribution is 2.28. The molecule has 1 amide bonds. The zero-order chi connectivity index (χ0) is 13.4. The summed E-state index contributed by atoms with van der Waals surface area (Å²) >= 11 is 1.47. The van der Waals surface area contributed by atoms with Crippen LogP contribution >= 0.6 is 11.3 Å². The normalized spacial score (nSPS) is 10.8. The maximum atomic E-state index is 12.2. The van der Waals surface area contributed by atoms with Gasteiger partial charge in [-0.1, -0.05) is 18.2 Å². The van der Waals surface area contributed by atoms with Crippen LogP contribution in [-0.4, -0.2) is 10.9 Å². The van der Waals surface area contributed by atoms with E-state index in [2.05, 4.69) is 10.3 Å². The monoisotopic (exact) mass is 270 g/mol. The first-order chi connectivity index (χ1) is 9.15. The quantitative estimate of drug-likeness (QED) is 0.723. The number of H-pyrrole nitrogens is 1. The molecule has 2 aromatic heterocycles. The standard InChI is InChI=1S/C15H14N2OS/c1-9-7-13(19-8-9)15(18)17-14-10(2)16-12-6-4-3-5-11(12)14/h3-8,16H,1-2H3,(H,17,18). The summed E-state index contributed by atoms with van der Waals surface area (Å²) in [6, 6.07) is 9.87. The Hall–Kier alpha value is -2.07. The molecule has 0 unspecified atom stereocenters. The molecule has 19 heavy (non-hydrogen) atoms. The molecule has 0 atom stereocenters. The van der Waals surface area contributed by atoms with Crippen molar-refractivity contribution in [2.75, 3.05) is 5.32 Å². The lowest BCUT2D eigenvalue weighted by molar-refractivity contribution is 0.103. The number of nitrogens with one attached hydrogen (secondary N) is 2. The lowest BCUT2D eigenvalue weighted by atomic mass is 10.2. The first-order valence-electron chi connectivity index (χ1n) is 6.09. The molecule has 0 radical (unpaired) electrons. The molecule has 4 heteroatoms. The molecule has 3 rings (SSSR count). The molecule has 2 heterocycles. The molecule has 0 aliphatic rings. The number of fused-ring (bicyclic) bond motifs is 1. The lowest BCUT2D eigenvalue weighted by Crippen LogP contribution is -2.10. The van der Waals surface area contributed by atoms with Crippen LogP contribution in [0.1, 0.15) is 20.9 Å². The summed E-state index contributed by atoms with van der Waals surface area (Å²) in [5.74, 6) is -0.0500. The van der Waals surface area contributed by atoms with E-state index < -0.39 is 0 Å². The van der Waals surface area contributed by atoms with E-state index in [1.54, 1.807) is 0 Å². The van der Waals surface area contributed by atoms with E-state index >= 15 is 0 Å². The van der Waals surface area contributed by atoms with Gasteiger partial charge in [0.1, 0.15) is 0 Å². The molecular weight excluding hydrogens is 256 g/mol. The number of aryl methyl sites for hydroxylation is 2. The first kappa shape index (κ1) is 12.0. The van der Waals surface area contributed by atoms with Crippen molar-refractivity contribution in [2.24, 2.45) is 0 Å². The highest BCUT2D eigenvalue weighted by atomic mass is 32.1. The van der Waals surface area contributed by atoms with Gasteiger partial charge >= 0.3 is 0 Å². The molecule has 3 aromatic rings. The van der Waals surface area contributed by atoms with E-state index in [0.29, 0.717) is 0 Å². The predicted octanol–water partition coefficient (Wildman–Crippen LogP) is 4.10. The van der Waals surface area contributed by atoms with Crippen molar-refractivity contribution in [3.8, 4) is 0 Å². The van der Waals surface area contributed by atoms with Crippen molar-refractivity contribution in [3.05, 3.63) is 51.8 Å². The Morgan fingerprint density at radius 1 is 1.26 bits per heavy atom. The number of rotatable bonds is 2. The second-order valence-electron chi connectivity index (χ2n) is 4.61. The minimum Gasteiger partial charge on any atom is -0.357 e. The van der Waals surface area contributed by atoms with E-state index in [-0.39, 0.29) is 5.91 Å². The van der Waals surface area contributed by atoms with Crippen molar-refractivity contribution in [1.29, 1.82) is 0 Å². The highest BCUT2D eigenvalue weighted by Gasteiger charge is 2.13. The molecular formula is C15H14N2OS. The molecule has 0 aliphatic carbocycles. The van der Waals surface area contributed by atoms with E-state index in [1.807, 2.05) is 49.6 Å². The van der Waals surface area contributed by atoms with Gasteiger partial charge in [0.15, 0.2) is 0 Å². The number of aromatic amines is 1. The summed E-state index contributed by atoms with van der Waals surface area (Å²) < 4.78 is 0. The van der Waals surface area contributed by atoms with Crippen molar-refractivity contribution < 1.29 is 4.79 Å². The molecule has 0 aliphatic heterocycles. The highest BCUT2D eigenvalue weighted by molar-refractivity contribution is 7.12. The van der Waals surface area contributed by atoms with Crippen LogP contribution in [0.5, 0.6) is 0 Å². The fraction of sp³-hybridized carbons (Fsp3) is 0.133. The number of hydrogen-bond donors (Lipinski definition) is 2. The average Bonchev–Trinajstić information content (AvgIpc) is 2.95. The Balaban J connectivity index is 1.97. The number of para-hydroxylation sites is 1. The van der Waals surface area contributed by atoms with Crippen LogP contribution in [-0.2, 0) is 0 Å². The number of amides is 1. The van der Waals surface area contributed by atoms with Gasteiger partial charge in [-0.25, -0.2) is 0 Å². The van der Waals surface area contributed by atoms with E-state index in [1.165, 1.54) is 11.3 Å². The minimum absolute atomic E-state index is 0.0500. The molecule has 2 N–H and O–H groups in total. The molecule has 0 saturated heterocycles. The van der Waals surface area contributed by atoms with Crippen molar-refractivity contribution in [1.82, 2.24) is 4.98 Å². The van der Waals surface area contributed by atoms with Gasteiger partial charge in [0.2, 0.25) is 0 Å². The van der Waals surface area contributed by atoms with Crippen molar-refractivity contribution in [3.63, 3.8) is 0 Å². The Bertz CT molecular complexity index is 754. The molecule has 0 bridgehead atoms. The molecule has 0 fully saturated rings. The van der Waals surface area contributed by atoms with E-state index in [0.717, 1.165) is 32.7 Å². The molecule has 3 nitrogen and oxygen atoms in total. The van der Waals surface area contributed by atoms with Gasteiger partial charge in [-0.05, 0) is 36.9 Å². The molecule has 0 spiro atoms. The number of carbonyl (C=O) groups excluding carboxylic acids is 1. The third-order valence-corrected chi connectivity index (χ3v) is 4.13. The van der Waals surface area contributed by atoms with Gasteiger partial charge in [0.05, 0.1) is 10.6 Å². The first-order valence-corrected chi connectivity index (χ1v) is 6.97. The number of benzene rings is 1. The Kier molecular flexibility index (Phi) is 2.87. The maximum absolute atomic E-state index is 12.2. The Morgan fingerprint density at radius 3 is 2.79 bits per heavy atom. The van der Waals surface area contributed by atoms with Gasteiger partial charge in [-0.15, -0.1) is 11.3 Å². The van der Waals surface area contributed by atoms with Crippen LogP contribution < -0.4 is 5.32 Å². The maximum Gasteiger partial charge on any atom is 0.265 e. The zero-order valence-electron chi connectivity index (χ0n) is 10.8.